The molecule has 0 unspecified atom stereocenters. The van der Waals surface area contributed by atoms with E-state index in [1.54, 1.807) is 6.07 Å². The molecule has 0 bridgehead atoms. The van der Waals surface area contributed by atoms with Crippen LogP contribution < -0.4 is 4.72 Å². The average Bonchev–Trinajstić information content (AvgIpc) is 3.47. The number of amides is 1. The van der Waals surface area contributed by atoms with Gasteiger partial charge in [-0.05, 0) is 86.6 Å². The van der Waals surface area contributed by atoms with Gasteiger partial charge >= 0.3 is 0 Å². The van der Waals surface area contributed by atoms with E-state index in [1.165, 1.54) is 17.7 Å². The summed E-state index contributed by atoms with van der Waals surface area (Å²) in [5.74, 6) is 0.335. The molecule has 1 amide bonds. The number of aromatic nitrogens is 1. The van der Waals surface area contributed by atoms with Gasteiger partial charge in [-0.3, -0.25) is 9.52 Å². The first-order valence-electron chi connectivity index (χ1n) is 12.4. The lowest BCUT2D eigenvalue weighted by molar-refractivity contribution is -0.138. The van der Waals surface area contributed by atoms with Crippen molar-refractivity contribution in [1.82, 2.24) is 9.47 Å². The fourth-order valence-corrected chi connectivity index (χ4v) is 6.88. The molecule has 1 saturated carbocycles. The quantitative estimate of drug-likeness (QED) is 0.513. The fraction of sp³-hybridized carbons (Fsp3) is 0.444. The maximum Gasteiger partial charge on any atom is 0.261 e. The van der Waals surface area contributed by atoms with Gasteiger partial charge in [0.25, 0.3) is 10.0 Å². The molecule has 2 atom stereocenters. The topological polar surface area (TPSA) is 71.4 Å². The second-order valence-corrected chi connectivity index (χ2v) is 11.8. The molecule has 6 nitrogen and oxygen atoms in total. The molecule has 35 heavy (non-hydrogen) atoms. The van der Waals surface area contributed by atoms with Gasteiger partial charge in [0, 0.05) is 48.3 Å². The standard InChI is InChI=1S/C27H32FN3O3S/c1-18-15-20(13-14-31(18)27(32)19-5-3-4-6-19)25-17-30(2)26-12-9-22(16-24(25)26)29-35(33,34)23-10-7-21(28)8-11-23/h7-12,16-20,29H,3-6,13-15H2,1-2H3/t18-,20+/m0/s1. The van der Waals surface area contributed by atoms with Crippen molar-refractivity contribution in [3.05, 3.63) is 60.0 Å². The maximum atomic E-state index is 13.2. The number of hydrogen-bond donors (Lipinski definition) is 1. The molecule has 0 radical (unpaired) electrons. The van der Waals surface area contributed by atoms with Crippen LogP contribution in [0.5, 0.6) is 0 Å². The number of piperidine rings is 1. The third-order valence-corrected chi connectivity index (χ3v) is 9.10. The van der Waals surface area contributed by atoms with Crippen LogP contribution in [0.4, 0.5) is 10.1 Å². The summed E-state index contributed by atoms with van der Waals surface area (Å²) in [5, 5.41) is 1.01. The van der Waals surface area contributed by atoms with Crippen LogP contribution in [0.15, 0.2) is 53.6 Å². The van der Waals surface area contributed by atoms with Crippen LogP contribution >= 0.6 is 0 Å². The van der Waals surface area contributed by atoms with Crippen molar-refractivity contribution in [3.8, 4) is 0 Å². The number of halogens is 1. The van der Waals surface area contributed by atoms with Crippen LogP contribution in [0.25, 0.3) is 10.9 Å². The van der Waals surface area contributed by atoms with Crippen molar-refractivity contribution in [2.45, 2.75) is 62.3 Å². The molecule has 1 aliphatic carbocycles. The molecule has 1 aliphatic heterocycles. The molecule has 2 fully saturated rings. The van der Waals surface area contributed by atoms with Crippen molar-refractivity contribution >= 4 is 32.5 Å². The molecule has 1 N–H and O–H groups in total. The summed E-state index contributed by atoms with van der Waals surface area (Å²) in [6.07, 6.45) is 8.27. The van der Waals surface area contributed by atoms with Gasteiger partial charge in [-0.2, -0.15) is 0 Å². The number of benzene rings is 2. The SMILES string of the molecule is C[C@H]1C[C@H](c2cn(C)c3ccc(NS(=O)(=O)c4ccc(F)cc4)cc23)CCN1C(=O)C1CCCC1. The number of carbonyl (C=O) groups is 1. The second-order valence-electron chi connectivity index (χ2n) is 10.1. The highest BCUT2D eigenvalue weighted by Gasteiger charge is 2.35. The normalized spacial score (nSPS) is 21.5. The summed E-state index contributed by atoms with van der Waals surface area (Å²) in [6, 6.07) is 10.5. The number of carbonyl (C=O) groups excluding carboxylic acids is 1. The molecular formula is C27H32FN3O3S. The average molecular weight is 498 g/mol. The molecule has 8 heteroatoms. The van der Waals surface area contributed by atoms with Crippen LogP contribution in [-0.2, 0) is 21.9 Å². The van der Waals surface area contributed by atoms with Crippen molar-refractivity contribution < 1.29 is 17.6 Å². The number of nitrogens with one attached hydrogen (secondary N) is 1. The van der Waals surface area contributed by atoms with E-state index in [0.29, 0.717) is 17.5 Å². The molecule has 1 aromatic heterocycles. The Bertz CT molecular complexity index is 1340. The Morgan fingerprint density at radius 3 is 2.46 bits per heavy atom. The van der Waals surface area contributed by atoms with Gasteiger partial charge < -0.3 is 9.47 Å². The van der Waals surface area contributed by atoms with Gasteiger partial charge in [0.15, 0.2) is 0 Å². The summed E-state index contributed by atoms with van der Waals surface area (Å²) in [7, 11) is -1.83. The summed E-state index contributed by atoms with van der Waals surface area (Å²) in [5.41, 5.74) is 2.68. The predicted molar refractivity (Wildman–Crippen MR) is 135 cm³/mol. The van der Waals surface area contributed by atoms with Gasteiger partial charge in [0.1, 0.15) is 5.82 Å². The Morgan fingerprint density at radius 2 is 1.77 bits per heavy atom. The summed E-state index contributed by atoms with van der Waals surface area (Å²) < 4.78 is 43.6. The molecular weight excluding hydrogens is 465 g/mol. The minimum atomic E-state index is -3.83. The Kier molecular flexibility index (Phi) is 6.34. The molecule has 0 spiro atoms. The highest BCUT2D eigenvalue weighted by atomic mass is 32.2. The number of anilines is 1. The minimum Gasteiger partial charge on any atom is -0.350 e. The van der Waals surface area contributed by atoms with E-state index >= 15 is 0 Å². The number of fused-ring (bicyclic) bond motifs is 1. The molecule has 3 aromatic rings. The second kappa shape index (κ2) is 9.30. The van der Waals surface area contributed by atoms with Crippen molar-refractivity contribution in [2.24, 2.45) is 13.0 Å². The van der Waals surface area contributed by atoms with E-state index in [9.17, 15) is 17.6 Å². The number of likely N-dealkylation sites (tertiary alicyclic amines) is 1. The van der Waals surface area contributed by atoms with E-state index in [4.69, 9.17) is 0 Å². The summed E-state index contributed by atoms with van der Waals surface area (Å²) >= 11 is 0. The Labute approximate surface area is 206 Å². The zero-order valence-electron chi connectivity index (χ0n) is 20.2. The van der Waals surface area contributed by atoms with Gasteiger partial charge in [-0.25, -0.2) is 12.8 Å². The van der Waals surface area contributed by atoms with Gasteiger partial charge in [0.05, 0.1) is 4.90 Å². The third kappa shape index (κ3) is 4.68. The lowest BCUT2D eigenvalue weighted by Crippen LogP contribution is -2.46. The van der Waals surface area contributed by atoms with E-state index < -0.39 is 15.8 Å². The van der Waals surface area contributed by atoms with Crippen LogP contribution in [-0.4, -0.2) is 36.4 Å². The fourth-order valence-electron chi connectivity index (χ4n) is 5.83. The first-order chi connectivity index (χ1) is 16.7. The number of nitrogens with zero attached hydrogens (tertiary/aromatic N) is 2. The number of rotatable bonds is 5. The molecule has 2 aliphatic rings. The highest BCUT2D eigenvalue weighted by molar-refractivity contribution is 7.92. The zero-order valence-corrected chi connectivity index (χ0v) is 21.0. The van der Waals surface area contributed by atoms with E-state index in [1.807, 2.05) is 19.2 Å². The Hall–Kier alpha value is -2.87. The van der Waals surface area contributed by atoms with Gasteiger partial charge in [-0.1, -0.05) is 12.8 Å². The zero-order chi connectivity index (χ0) is 24.7. The van der Waals surface area contributed by atoms with Gasteiger partial charge in [-0.15, -0.1) is 0 Å². The van der Waals surface area contributed by atoms with Gasteiger partial charge in [0.2, 0.25) is 5.91 Å². The lowest BCUT2D eigenvalue weighted by Gasteiger charge is -2.39. The van der Waals surface area contributed by atoms with Crippen LogP contribution in [0, 0.1) is 11.7 Å². The van der Waals surface area contributed by atoms with E-state index in [-0.39, 0.29) is 16.9 Å². The monoisotopic (exact) mass is 497 g/mol. The molecule has 186 valence electrons. The Morgan fingerprint density at radius 1 is 1.06 bits per heavy atom. The largest absolute Gasteiger partial charge is 0.350 e. The van der Waals surface area contributed by atoms with Crippen molar-refractivity contribution in [1.29, 1.82) is 0 Å². The molecule has 5 rings (SSSR count). The lowest BCUT2D eigenvalue weighted by atomic mass is 9.85. The van der Waals surface area contributed by atoms with E-state index in [2.05, 4.69) is 27.3 Å². The first-order valence-corrected chi connectivity index (χ1v) is 13.9. The molecule has 1 saturated heterocycles. The smallest absolute Gasteiger partial charge is 0.261 e. The third-order valence-electron chi connectivity index (χ3n) is 7.70. The van der Waals surface area contributed by atoms with E-state index in [0.717, 1.165) is 68.1 Å². The van der Waals surface area contributed by atoms with Crippen molar-refractivity contribution in [3.63, 3.8) is 0 Å². The number of sulfonamides is 1. The van der Waals surface area contributed by atoms with Crippen LogP contribution in [0.3, 0.4) is 0 Å². The number of aryl methyl sites for hydroxylation is 1. The first kappa shape index (κ1) is 23.9. The highest BCUT2D eigenvalue weighted by Crippen LogP contribution is 2.39. The maximum absolute atomic E-state index is 13.2. The number of hydrogen-bond acceptors (Lipinski definition) is 3. The van der Waals surface area contributed by atoms with Crippen LogP contribution in [0.2, 0.25) is 0 Å². The Balaban J connectivity index is 1.38. The predicted octanol–water partition coefficient (Wildman–Crippen LogP) is 5.40. The minimum absolute atomic E-state index is 0.0143. The van der Waals surface area contributed by atoms with Crippen molar-refractivity contribution in [2.75, 3.05) is 11.3 Å². The van der Waals surface area contributed by atoms with Crippen LogP contribution in [0.1, 0.15) is 56.9 Å². The molecule has 2 heterocycles. The summed E-state index contributed by atoms with van der Waals surface area (Å²) in [4.78, 5) is 15.1. The molecule has 2 aromatic carbocycles. The summed E-state index contributed by atoms with van der Waals surface area (Å²) in [6.45, 7) is 2.90.